The molecule has 5 rings (SSSR count). The standard InChI is InChI=1S/C36H38N2O10S2/c1-45-33-23-9-5-10-24(33)18-28-14-8-16-30(36(28)48-22-32(40)38-50(4,43)44)20-26-12-6-11-25(34(26)46-2)19-29-15-7-13-27(17-23)35(29)47-21-31(39)37-49(3,41)42/h5-16H,17-22H2,1-4H3,(H,37,39)(H,38,40). The highest BCUT2D eigenvalue weighted by atomic mass is 32.2. The molecule has 0 fully saturated rings. The van der Waals surface area contributed by atoms with E-state index < -0.39 is 45.1 Å². The number of carbonyl (C=O) groups is 2. The summed E-state index contributed by atoms with van der Waals surface area (Å²) in [5.74, 6) is 0.505. The van der Waals surface area contributed by atoms with E-state index in [9.17, 15) is 26.4 Å². The van der Waals surface area contributed by atoms with Crippen molar-refractivity contribution < 1.29 is 45.4 Å². The number of carbonyl (C=O) groups excluding carboxylic acids is 2. The summed E-state index contributed by atoms with van der Waals surface area (Å²) in [5.41, 5.74) is 6.28. The SMILES string of the molecule is COc1c2cccc1Cc1cccc(c1OCC(=O)NS(C)(=O)=O)Cc1cccc(c1OC)Cc1cccc(c1OCC(=O)NS(C)(=O)=O)C2. The van der Waals surface area contributed by atoms with Crippen molar-refractivity contribution in [3.8, 4) is 23.0 Å². The normalized spacial score (nSPS) is 12.7. The molecule has 0 aromatic heterocycles. The van der Waals surface area contributed by atoms with Crippen LogP contribution < -0.4 is 28.4 Å². The van der Waals surface area contributed by atoms with Crippen LogP contribution in [-0.4, -0.2) is 68.6 Å². The van der Waals surface area contributed by atoms with Crippen LogP contribution in [0, 0.1) is 0 Å². The van der Waals surface area contributed by atoms with Gasteiger partial charge in [0.25, 0.3) is 11.8 Å². The highest BCUT2D eigenvalue weighted by Crippen LogP contribution is 2.38. The van der Waals surface area contributed by atoms with Crippen LogP contribution in [0.25, 0.3) is 0 Å². The van der Waals surface area contributed by atoms with E-state index in [1.54, 1.807) is 14.2 Å². The molecule has 8 bridgehead atoms. The van der Waals surface area contributed by atoms with Gasteiger partial charge in [-0.05, 0) is 44.5 Å². The van der Waals surface area contributed by atoms with Crippen LogP contribution >= 0.6 is 0 Å². The molecule has 0 aliphatic heterocycles. The Bertz CT molecular complexity index is 1910. The monoisotopic (exact) mass is 722 g/mol. The number of hydrogen-bond acceptors (Lipinski definition) is 10. The van der Waals surface area contributed by atoms with Crippen LogP contribution in [0.3, 0.4) is 0 Å². The number of nitrogens with one attached hydrogen (secondary N) is 2. The molecular weight excluding hydrogens is 685 g/mol. The molecule has 1 aliphatic rings. The van der Waals surface area contributed by atoms with Crippen molar-refractivity contribution >= 4 is 31.9 Å². The van der Waals surface area contributed by atoms with Gasteiger partial charge in [-0.1, -0.05) is 72.8 Å². The molecule has 0 saturated heterocycles. The van der Waals surface area contributed by atoms with Gasteiger partial charge in [-0.25, -0.2) is 16.8 Å². The molecule has 14 heteroatoms. The number of ether oxygens (including phenoxy) is 4. The Morgan fingerprint density at radius 1 is 0.500 bits per heavy atom. The first kappa shape index (κ1) is 36.2. The Kier molecular flexibility index (Phi) is 11.0. The minimum atomic E-state index is -3.78. The van der Waals surface area contributed by atoms with Crippen molar-refractivity contribution in [2.75, 3.05) is 39.9 Å². The third-order valence-electron chi connectivity index (χ3n) is 7.94. The molecular formula is C36H38N2O10S2. The van der Waals surface area contributed by atoms with Crippen LogP contribution in [0.4, 0.5) is 0 Å². The van der Waals surface area contributed by atoms with Gasteiger partial charge in [0.05, 0.1) is 26.7 Å². The second-order valence-electron chi connectivity index (χ2n) is 11.9. The van der Waals surface area contributed by atoms with E-state index in [4.69, 9.17) is 18.9 Å². The Morgan fingerprint density at radius 3 is 0.960 bits per heavy atom. The average molecular weight is 723 g/mol. The van der Waals surface area contributed by atoms with Crippen molar-refractivity contribution in [2.24, 2.45) is 0 Å². The van der Waals surface area contributed by atoms with Gasteiger partial charge >= 0.3 is 0 Å². The van der Waals surface area contributed by atoms with Crippen LogP contribution in [0.15, 0.2) is 72.8 Å². The lowest BCUT2D eigenvalue weighted by Crippen LogP contribution is -2.33. The van der Waals surface area contributed by atoms with Gasteiger partial charge in [0.2, 0.25) is 20.0 Å². The molecule has 0 radical (unpaired) electrons. The fraction of sp³-hybridized carbons (Fsp3) is 0.278. The van der Waals surface area contributed by atoms with Crippen molar-refractivity contribution in [2.45, 2.75) is 25.7 Å². The molecule has 264 valence electrons. The van der Waals surface area contributed by atoms with Crippen molar-refractivity contribution in [1.29, 1.82) is 0 Å². The zero-order valence-corrected chi connectivity index (χ0v) is 29.7. The maximum Gasteiger partial charge on any atom is 0.271 e. The van der Waals surface area contributed by atoms with Gasteiger partial charge in [0.15, 0.2) is 13.2 Å². The first-order valence-electron chi connectivity index (χ1n) is 15.5. The van der Waals surface area contributed by atoms with E-state index in [1.807, 2.05) is 82.2 Å². The third-order valence-corrected chi connectivity index (χ3v) is 9.13. The first-order chi connectivity index (χ1) is 23.7. The number of amides is 2. The fourth-order valence-electron chi connectivity index (χ4n) is 6.13. The Hall–Kier alpha value is -5.08. The van der Waals surface area contributed by atoms with Gasteiger partial charge in [0, 0.05) is 25.7 Å². The Balaban J connectivity index is 1.66. The summed E-state index contributed by atoms with van der Waals surface area (Å²) in [7, 11) is -4.41. The summed E-state index contributed by atoms with van der Waals surface area (Å²) in [6.45, 7) is -1.05. The minimum absolute atomic E-state index is 0.347. The molecule has 2 N–H and O–H groups in total. The smallest absolute Gasteiger partial charge is 0.271 e. The molecule has 12 nitrogen and oxygen atoms in total. The van der Waals surface area contributed by atoms with Crippen LogP contribution in [0.5, 0.6) is 23.0 Å². The summed E-state index contributed by atoms with van der Waals surface area (Å²) < 4.78 is 74.8. The van der Waals surface area contributed by atoms with E-state index in [0.29, 0.717) is 48.7 Å². The van der Waals surface area contributed by atoms with Crippen LogP contribution in [-0.2, 0) is 55.3 Å². The molecule has 2 amide bonds. The highest BCUT2D eigenvalue weighted by molar-refractivity contribution is 7.89. The fourth-order valence-corrected chi connectivity index (χ4v) is 7.07. The number of benzene rings is 4. The average Bonchev–Trinajstić information content (AvgIpc) is 3.02. The zero-order chi connectivity index (χ0) is 36.1. The highest BCUT2D eigenvalue weighted by Gasteiger charge is 2.22. The van der Waals surface area contributed by atoms with Crippen molar-refractivity contribution in [3.63, 3.8) is 0 Å². The summed E-state index contributed by atoms with van der Waals surface area (Å²) in [6, 6.07) is 22.8. The molecule has 4 aromatic rings. The second kappa shape index (κ2) is 15.2. The summed E-state index contributed by atoms with van der Waals surface area (Å²) >= 11 is 0. The molecule has 0 spiro atoms. The van der Waals surface area contributed by atoms with Crippen molar-refractivity contribution in [1.82, 2.24) is 9.44 Å². The van der Waals surface area contributed by atoms with Crippen molar-refractivity contribution in [3.05, 3.63) is 117 Å². The maximum atomic E-state index is 12.5. The number of sulfonamides is 2. The lowest BCUT2D eigenvalue weighted by atomic mass is 9.91. The quantitative estimate of drug-likeness (QED) is 0.219. The Morgan fingerprint density at radius 2 is 0.740 bits per heavy atom. The van der Waals surface area contributed by atoms with E-state index in [1.165, 1.54) is 0 Å². The van der Waals surface area contributed by atoms with E-state index in [0.717, 1.165) is 57.0 Å². The topological polar surface area (TPSA) is 163 Å². The molecule has 50 heavy (non-hydrogen) atoms. The molecule has 0 saturated carbocycles. The van der Waals surface area contributed by atoms with Crippen LogP contribution in [0.2, 0.25) is 0 Å². The number of hydrogen-bond donors (Lipinski definition) is 2. The van der Waals surface area contributed by atoms with Gasteiger partial charge in [-0.3, -0.25) is 19.0 Å². The predicted molar refractivity (Wildman–Crippen MR) is 187 cm³/mol. The lowest BCUT2D eigenvalue weighted by molar-refractivity contribution is -0.122. The van der Waals surface area contributed by atoms with Crippen LogP contribution in [0.1, 0.15) is 44.5 Å². The van der Waals surface area contributed by atoms with E-state index >= 15 is 0 Å². The molecule has 4 aromatic carbocycles. The summed E-state index contributed by atoms with van der Waals surface area (Å²) in [5, 5.41) is 0. The number of rotatable bonds is 10. The Labute approximate surface area is 291 Å². The minimum Gasteiger partial charge on any atom is -0.496 e. The number of fused-ring (bicyclic) bond motifs is 8. The second-order valence-corrected chi connectivity index (χ2v) is 15.4. The summed E-state index contributed by atoms with van der Waals surface area (Å²) in [4.78, 5) is 25.0. The first-order valence-corrected chi connectivity index (χ1v) is 19.3. The molecule has 0 heterocycles. The van der Waals surface area contributed by atoms with E-state index in [2.05, 4.69) is 0 Å². The van der Waals surface area contributed by atoms with Gasteiger partial charge < -0.3 is 18.9 Å². The largest absolute Gasteiger partial charge is 0.496 e. The maximum absolute atomic E-state index is 12.5. The number of para-hydroxylation sites is 4. The van der Waals surface area contributed by atoms with Gasteiger partial charge in [0.1, 0.15) is 23.0 Å². The predicted octanol–water partition coefficient (Wildman–Crippen LogP) is 3.29. The molecule has 0 unspecified atom stereocenters. The van der Waals surface area contributed by atoms with E-state index in [-0.39, 0.29) is 0 Å². The molecule has 0 atom stereocenters. The number of methoxy groups -OCH3 is 2. The zero-order valence-electron chi connectivity index (χ0n) is 28.1. The van der Waals surface area contributed by atoms with Gasteiger partial charge in [-0.2, -0.15) is 0 Å². The van der Waals surface area contributed by atoms with Gasteiger partial charge in [-0.15, -0.1) is 0 Å². The summed E-state index contributed by atoms with van der Waals surface area (Å²) in [6.07, 6.45) is 3.19. The molecule has 1 aliphatic carbocycles. The lowest BCUT2D eigenvalue weighted by Gasteiger charge is -2.21. The third kappa shape index (κ3) is 9.12.